The Morgan fingerprint density at radius 3 is 2.43 bits per heavy atom. The Balaban J connectivity index is 0.00000220. The zero-order valence-electron chi connectivity index (χ0n) is 11.5. The number of aliphatic hydroxyl groups excluding tert-OH is 1. The largest absolute Gasteiger partial charge is 0.487 e. The zero-order chi connectivity index (χ0) is 14.4. The molecule has 0 heterocycles. The number of rotatable bonds is 6. The fourth-order valence-corrected chi connectivity index (χ4v) is 2.15. The average molecular weight is 328 g/mol. The highest BCUT2D eigenvalue weighted by Gasteiger charge is 2.07. The van der Waals surface area contributed by atoms with Gasteiger partial charge < -0.3 is 15.6 Å². The Hall–Kier alpha value is -1.26. The van der Waals surface area contributed by atoms with Crippen molar-refractivity contribution in [1.82, 2.24) is 0 Å². The minimum Gasteiger partial charge on any atom is -0.487 e. The van der Waals surface area contributed by atoms with E-state index in [0.717, 1.165) is 11.1 Å². The van der Waals surface area contributed by atoms with E-state index < -0.39 is 0 Å². The molecule has 2 rings (SSSR count). The van der Waals surface area contributed by atoms with Crippen LogP contribution in [-0.2, 0) is 13.0 Å². The van der Waals surface area contributed by atoms with Crippen molar-refractivity contribution in [3.63, 3.8) is 0 Å². The Morgan fingerprint density at radius 2 is 1.81 bits per heavy atom. The lowest BCUT2D eigenvalue weighted by Crippen LogP contribution is -2.26. The standard InChI is InChI=1S/C16H18ClNO2.ClH/c17-15-9-13(8-14(18)10-19)6-7-16(15)20-11-12-4-2-1-3-5-12;/h1-7,9,14,19H,8,10-11,18H2;1H. The first-order chi connectivity index (χ1) is 9.69. The number of halogens is 2. The summed E-state index contributed by atoms with van der Waals surface area (Å²) >= 11 is 6.19. The normalized spacial score (nSPS) is 11.6. The molecule has 1 unspecified atom stereocenters. The van der Waals surface area contributed by atoms with Gasteiger partial charge in [-0.3, -0.25) is 0 Å². The predicted octanol–water partition coefficient (Wildman–Crippen LogP) is 3.20. The summed E-state index contributed by atoms with van der Waals surface area (Å²) in [5, 5.41) is 9.51. The predicted molar refractivity (Wildman–Crippen MR) is 88.2 cm³/mol. The molecule has 2 aromatic carbocycles. The number of hydrogen-bond acceptors (Lipinski definition) is 3. The second-order valence-corrected chi connectivity index (χ2v) is 5.09. The second kappa shape index (κ2) is 8.90. The molecule has 0 spiro atoms. The van der Waals surface area contributed by atoms with Crippen molar-refractivity contribution in [3.05, 3.63) is 64.7 Å². The molecular formula is C16H19Cl2NO2. The summed E-state index contributed by atoms with van der Waals surface area (Å²) in [6.45, 7) is 0.444. The molecule has 0 bridgehead atoms. The maximum absolute atomic E-state index is 8.95. The van der Waals surface area contributed by atoms with Crippen molar-refractivity contribution in [1.29, 1.82) is 0 Å². The first-order valence-corrected chi connectivity index (χ1v) is 6.88. The first-order valence-electron chi connectivity index (χ1n) is 6.50. The highest BCUT2D eigenvalue weighted by Crippen LogP contribution is 2.26. The van der Waals surface area contributed by atoms with Crippen LogP contribution in [-0.4, -0.2) is 17.8 Å². The lowest BCUT2D eigenvalue weighted by atomic mass is 10.1. The van der Waals surface area contributed by atoms with Gasteiger partial charge in [-0.2, -0.15) is 0 Å². The molecule has 0 aliphatic rings. The summed E-state index contributed by atoms with van der Waals surface area (Å²) in [5.41, 5.74) is 7.79. The quantitative estimate of drug-likeness (QED) is 0.856. The Kier molecular flexibility index (Phi) is 7.54. The zero-order valence-corrected chi connectivity index (χ0v) is 13.1. The topological polar surface area (TPSA) is 55.5 Å². The van der Waals surface area contributed by atoms with E-state index in [1.807, 2.05) is 48.5 Å². The van der Waals surface area contributed by atoms with E-state index in [1.54, 1.807) is 0 Å². The molecule has 1 atom stereocenters. The third kappa shape index (κ3) is 5.56. The summed E-state index contributed by atoms with van der Waals surface area (Å²) in [4.78, 5) is 0. The Bertz CT molecular complexity index is 549. The van der Waals surface area contributed by atoms with Crippen LogP contribution >= 0.6 is 24.0 Å². The fourth-order valence-electron chi connectivity index (χ4n) is 1.89. The van der Waals surface area contributed by atoms with Crippen LogP contribution in [0.1, 0.15) is 11.1 Å². The van der Waals surface area contributed by atoms with Gasteiger partial charge in [0.2, 0.25) is 0 Å². The van der Waals surface area contributed by atoms with Crippen molar-refractivity contribution in [2.24, 2.45) is 5.73 Å². The van der Waals surface area contributed by atoms with Crippen LogP contribution in [0.3, 0.4) is 0 Å². The summed E-state index contributed by atoms with van der Waals surface area (Å²) < 4.78 is 5.70. The van der Waals surface area contributed by atoms with Gasteiger partial charge in [-0.25, -0.2) is 0 Å². The minimum atomic E-state index is -0.262. The SMILES string of the molecule is Cl.NC(CO)Cc1ccc(OCc2ccccc2)c(Cl)c1. The lowest BCUT2D eigenvalue weighted by Gasteiger charge is -2.11. The van der Waals surface area contributed by atoms with Crippen molar-refractivity contribution in [2.45, 2.75) is 19.1 Å². The Morgan fingerprint density at radius 1 is 1.10 bits per heavy atom. The van der Waals surface area contributed by atoms with Crippen molar-refractivity contribution in [3.8, 4) is 5.75 Å². The molecule has 21 heavy (non-hydrogen) atoms. The van der Waals surface area contributed by atoms with E-state index in [2.05, 4.69) is 0 Å². The molecule has 0 saturated carbocycles. The summed E-state index contributed by atoms with van der Waals surface area (Å²) in [6, 6.07) is 15.2. The number of benzene rings is 2. The van der Waals surface area contributed by atoms with Gasteiger partial charge in [0.15, 0.2) is 0 Å². The van der Waals surface area contributed by atoms with Gasteiger partial charge in [0.05, 0.1) is 11.6 Å². The Labute approximate surface area is 136 Å². The van der Waals surface area contributed by atoms with Gasteiger partial charge >= 0.3 is 0 Å². The van der Waals surface area contributed by atoms with E-state index in [0.29, 0.717) is 23.8 Å². The fraction of sp³-hybridized carbons (Fsp3) is 0.250. The molecule has 3 N–H and O–H groups in total. The van der Waals surface area contributed by atoms with Gasteiger partial charge in [0, 0.05) is 6.04 Å². The molecule has 0 aliphatic heterocycles. The van der Waals surface area contributed by atoms with E-state index in [9.17, 15) is 0 Å². The van der Waals surface area contributed by atoms with Crippen LogP contribution in [0.15, 0.2) is 48.5 Å². The van der Waals surface area contributed by atoms with E-state index in [4.69, 9.17) is 27.2 Å². The van der Waals surface area contributed by atoms with E-state index in [-0.39, 0.29) is 25.1 Å². The number of nitrogens with two attached hydrogens (primary N) is 1. The first kappa shape index (κ1) is 17.8. The van der Waals surface area contributed by atoms with Gasteiger partial charge in [-0.1, -0.05) is 48.0 Å². The third-order valence-corrected chi connectivity index (χ3v) is 3.26. The van der Waals surface area contributed by atoms with Crippen LogP contribution < -0.4 is 10.5 Å². The van der Waals surface area contributed by atoms with Crippen molar-refractivity contribution >= 4 is 24.0 Å². The van der Waals surface area contributed by atoms with Crippen LogP contribution in [0.4, 0.5) is 0 Å². The van der Waals surface area contributed by atoms with Crippen molar-refractivity contribution in [2.75, 3.05) is 6.61 Å². The molecule has 114 valence electrons. The summed E-state index contributed by atoms with van der Waals surface area (Å²) in [5.74, 6) is 0.650. The molecule has 0 aromatic heterocycles. The van der Waals surface area contributed by atoms with Crippen molar-refractivity contribution < 1.29 is 9.84 Å². The average Bonchev–Trinajstić information content (AvgIpc) is 2.47. The van der Waals surface area contributed by atoms with Crippen LogP contribution in [0.2, 0.25) is 5.02 Å². The van der Waals surface area contributed by atoms with Gasteiger partial charge in [0.1, 0.15) is 12.4 Å². The van der Waals surface area contributed by atoms with Crippen LogP contribution in [0.5, 0.6) is 5.75 Å². The molecule has 3 nitrogen and oxygen atoms in total. The number of hydrogen-bond donors (Lipinski definition) is 2. The summed E-state index contributed by atoms with van der Waals surface area (Å²) in [6.07, 6.45) is 0.592. The molecule has 0 saturated heterocycles. The summed E-state index contributed by atoms with van der Waals surface area (Å²) in [7, 11) is 0. The van der Waals surface area contributed by atoms with Gasteiger partial charge in [-0.05, 0) is 29.7 Å². The molecule has 0 amide bonds. The molecule has 0 radical (unpaired) electrons. The molecule has 0 fully saturated rings. The second-order valence-electron chi connectivity index (χ2n) is 4.69. The van der Waals surface area contributed by atoms with Crippen LogP contribution in [0.25, 0.3) is 0 Å². The lowest BCUT2D eigenvalue weighted by molar-refractivity contribution is 0.265. The smallest absolute Gasteiger partial charge is 0.138 e. The third-order valence-electron chi connectivity index (χ3n) is 2.97. The number of ether oxygens (including phenoxy) is 1. The highest BCUT2D eigenvalue weighted by molar-refractivity contribution is 6.32. The molecular weight excluding hydrogens is 309 g/mol. The maximum Gasteiger partial charge on any atom is 0.138 e. The molecule has 5 heteroatoms. The molecule has 2 aromatic rings. The minimum absolute atomic E-state index is 0. The monoisotopic (exact) mass is 327 g/mol. The van der Waals surface area contributed by atoms with Gasteiger partial charge in [-0.15, -0.1) is 12.4 Å². The van der Waals surface area contributed by atoms with E-state index in [1.165, 1.54) is 0 Å². The van der Waals surface area contributed by atoms with Gasteiger partial charge in [0.25, 0.3) is 0 Å². The van der Waals surface area contributed by atoms with Crippen LogP contribution in [0, 0.1) is 0 Å². The highest BCUT2D eigenvalue weighted by atomic mass is 35.5. The number of aliphatic hydroxyl groups is 1. The van der Waals surface area contributed by atoms with E-state index >= 15 is 0 Å². The maximum atomic E-state index is 8.95. The molecule has 0 aliphatic carbocycles.